The van der Waals surface area contributed by atoms with Gasteiger partial charge >= 0.3 is 0 Å². The second-order valence-corrected chi connectivity index (χ2v) is 5.59. The van der Waals surface area contributed by atoms with Crippen molar-refractivity contribution in [3.05, 3.63) is 64.7 Å². The number of nitrogens with one attached hydrogen (secondary N) is 1. The molecule has 0 unspecified atom stereocenters. The number of hydrogen-bond acceptors (Lipinski definition) is 3. The molecule has 0 saturated carbocycles. The summed E-state index contributed by atoms with van der Waals surface area (Å²) in [6.45, 7) is 2.59. The molecule has 3 nitrogen and oxygen atoms in total. The van der Waals surface area contributed by atoms with Gasteiger partial charge in [0.05, 0.1) is 15.7 Å². The van der Waals surface area contributed by atoms with Crippen LogP contribution in [-0.2, 0) is 6.54 Å². The summed E-state index contributed by atoms with van der Waals surface area (Å²) in [5.41, 5.74) is 5.72. The van der Waals surface area contributed by atoms with Crippen LogP contribution in [0.3, 0.4) is 0 Å². The second-order valence-electron chi connectivity index (χ2n) is 4.70. The summed E-state index contributed by atoms with van der Waals surface area (Å²) >= 11 is 1.54. The number of hydrogen-bond donors (Lipinski definition) is 1. The Balaban J connectivity index is 1.70. The van der Waals surface area contributed by atoms with Gasteiger partial charge in [-0.15, -0.1) is 11.3 Å². The van der Waals surface area contributed by atoms with Crippen molar-refractivity contribution in [1.29, 1.82) is 0 Å². The lowest BCUT2D eigenvalue weighted by Crippen LogP contribution is -2.22. The topological polar surface area (TPSA) is 42.0 Å². The summed E-state index contributed by atoms with van der Waals surface area (Å²) in [6.07, 6.45) is 0. The average Bonchev–Trinajstić information content (AvgIpc) is 2.93. The van der Waals surface area contributed by atoms with Crippen LogP contribution in [0.25, 0.3) is 10.2 Å². The van der Waals surface area contributed by atoms with E-state index in [-0.39, 0.29) is 5.91 Å². The van der Waals surface area contributed by atoms with Gasteiger partial charge in [0.1, 0.15) is 0 Å². The summed E-state index contributed by atoms with van der Waals surface area (Å²) in [4.78, 5) is 16.3. The Morgan fingerprint density at radius 3 is 2.80 bits per heavy atom. The minimum atomic E-state index is -0.0547. The first kappa shape index (κ1) is 12.8. The molecular weight excluding hydrogens is 268 g/mol. The van der Waals surface area contributed by atoms with Gasteiger partial charge in [0.2, 0.25) is 0 Å². The van der Waals surface area contributed by atoms with Gasteiger partial charge in [0.25, 0.3) is 5.91 Å². The standard InChI is InChI=1S/C16H14N2OS/c1-11-2-4-12(5-3-11)9-17-16(19)13-6-7-14-15(8-13)20-10-18-14/h2-8,10H,9H2,1H3,(H,17,19). The van der Waals surface area contributed by atoms with Crippen LogP contribution in [0.4, 0.5) is 0 Å². The van der Waals surface area contributed by atoms with Crippen molar-refractivity contribution < 1.29 is 4.79 Å². The molecule has 4 heteroatoms. The number of thiazole rings is 1. The maximum absolute atomic E-state index is 12.1. The van der Waals surface area contributed by atoms with E-state index in [9.17, 15) is 4.79 Å². The van der Waals surface area contributed by atoms with E-state index in [0.29, 0.717) is 12.1 Å². The molecule has 0 atom stereocenters. The number of benzene rings is 2. The Bertz CT molecular complexity index is 747. The highest BCUT2D eigenvalue weighted by molar-refractivity contribution is 7.16. The molecule has 0 spiro atoms. The van der Waals surface area contributed by atoms with Crippen LogP contribution < -0.4 is 5.32 Å². The van der Waals surface area contributed by atoms with Crippen molar-refractivity contribution in [2.24, 2.45) is 0 Å². The van der Waals surface area contributed by atoms with Crippen LogP contribution in [0.1, 0.15) is 21.5 Å². The Hall–Kier alpha value is -2.20. The summed E-state index contributed by atoms with van der Waals surface area (Å²) in [5.74, 6) is -0.0547. The zero-order chi connectivity index (χ0) is 13.9. The molecule has 0 radical (unpaired) electrons. The zero-order valence-corrected chi connectivity index (χ0v) is 11.9. The Morgan fingerprint density at radius 1 is 1.20 bits per heavy atom. The molecule has 1 aromatic heterocycles. The average molecular weight is 282 g/mol. The largest absolute Gasteiger partial charge is 0.348 e. The first-order valence-corrected chi connectivity index (χ1v) is 7.27. The number of rotatable bonds is 3. The molecule has 2 aromatic carbocycles. The third-order valence-electron chi connectivity index (χ3n) is 3.17. The van der Waals surface area contributed by atoms with Crippen LogP contribution in [0, 0.1) is 6.92 Å². The minimum absolute atomic E-state index is 0.0547. The van der Waals surface area contributed by atoms with Gasteiger partial charge in [-0.05, 0) is 30.7 Å². The van der Waals surface area contributed by atoms with Crippen molar-refractivity contribution in [3.63, 3.8) is 0 Å². The van der Waals surface area contributed by atoms with Crippen LogP contribution in [0.5, 0.6) is 0 Å². The van der Waals surface area contributed by atoms with Gasteiger partial charge in [-0.25, -0.2) is 4.98 Å². The van der Waals surface area contributed by atoms with E-state index < -0.39 is 0 Å². The predicted molar refractivity (Wildman–Crippen MR) is 82.0 cm³/mol. The van der Waals surface area contributed by atoms with E-state index in [4.69, 9.17) is 0 Å². The lowest BCUT2D eigenvalue weighted by Gasteiger charge is -2.06. The van der Waals surface area contributed by atoms with Crippen LogP contribution in [0.15, 0.2) is 48.0 Å². The lowest BCUT2D eigenvalue weighted by molar-refractivity contribution is 0.0951. The van der Waals surface area contributed by atoms with Crippen molar-refractivity contribution >= 4 is 27.5 Å². The zero-order valence-electron chi connectivity index (χ0n) is 11.1. The normalized spacial score (nSPS) is 10.7. The molecule has 0 aliphatic carbocycles. The van der Waals surface area contributed by atoms with Gasteiger partial charge in [-0.1, -0.05) is 29.8 Å². The Kier molecular flexibility index (Phi) is 3.48. The summed E-state index contributed by atoms with van der Waals surface area (Å²) in [6, 6.07) is 13.7. The van der Waals surface area contributed by atoms with E-state index in [1.165, 1.54) is 5.56 Å². The molecule has 0 bridgehead atoms. The van der Waals surface area contributed by atoms with Gasteiger partial charge in [0, 0.05) is 12.1 Å². The fourth-order valence-electron chi connectivity index (χ4n) is 1.99. The third-order valence-corrected chi connectivity index (χ3v) is 3.96. The van der Waals surface area contributed by atoms with Crippen molar-refractivity contribution in [2.45, 2.75) is 13.5 Å². The molecular formula is C16H14N2OS. The van der Waals surface area contributed by atoms with Gasteiger partial charge in [0.15, 0.2) is 0 Å². The molecule has 1 amide bonds. The van der Waals surface area contributed by atoms with Crippen LogP contribution in [0.2, 0.25) is 0 Å². The third kappa shape index (κ3) is 2.70. The molecule has 1 N–H and O–H groups in total. The first-order chi connectivity index (χ1) is 9.72. The molecule has 0 saturated heterocycles. The highest BCUT2D eigenvalue weighted by atomic mass is 32.1. The van der Waals surface area contributed by atoms with Gasteiger partial charge in [-0.3, -0.25) is 4.79 Å². The SMILES string of the molecule is Cc1ccc(CNC(=O)c2ccc3ncsc3c2)cc1. The number of nitrogens with zero attached hydrogens (tertiary/aromatic N) is 1. The van der Waals surface area contributed by atoms with E-state index in [0.717, 1.165) is 15.8 Å². The smallest absolute Gasteiger partial charge is 0.251 e. The Labute approximate surface area is 121 Å². The fraction of sp³-hybridized carbons (Fsp3) is 0.125. The molecule has 1 heterocycles. The van der Waals surface area contributed by atoms with Crippen LogP contribution >= 0.6 is 11.3 Å². The number of aromatic nitrogens is 1. The minimum Gasteiger partial charge on any atom is -0.348 e. The number of aryl methyl sites for hydroxylation is 1. The van der Waals surface area contributed by atoms with Crippen molar-refractivity contribution in [3.8, 4) is 0 Å². The van der Waals surface area contributed by atoms with E-state index >= 15 is 0 Å². The summed E-state index contributed by atoms with van der Waals surface area (Å²) in [7, 11) is 0. The predicted octanol–water partition coefficient (Wildman–Crippen LogP) is 3.53. The van der Waals surface area contributed by atoms with E-state index in [1.807, 2.05) is 49.4 Å². The highest BCUT2D eigenvalue weighted by Gasteiger charge is 2.07. The number of amides is 1. The van der Waals surface area contributed by atoms with Crippen molar-refractivity contribution in [1.82, 2.24) is 10.3 Å². The molecule has 3 rings (SSSR count). The molecule has 20 heavy (non-hydrogen) atoms. The molecule has 3 aromatic rings. The Morgan fingerprint density at radius 2 is 2.00 bits per heavy atom. The van der Waals surface area contributed by atoms with E-state index in [2.05, 4.69) is 10.3 Å². The maximum Gasteiger partial charge on any atom is 0.251 e. The molecule has 100 valence electrons. The monoisotopic (exact) mass is 282 g/mol. The highest BCUT2D eigenvalue weighted by Crippen LogP contribution is 2.19. The molecule has 0 aliphatic rings. The number of carbonyl (C=O) groups is 1. The number of fused-ring (bicyclic) bond motifs is 1. The first-order valence-electron chi connectivity index (χ1n) is 6.39. The summed E-state index contributed by atoms with van der Waals surface area (Å²) in [5, 5.41) is 2.94. The lowest BCUT2D eigenvalue weighted by atomic mass is 10.1. The van der Waals surface area contributed by atoms with E-state index in [1.54, 1.807) is 16.8 Å². The van der Waals surface area contributed by atoms with Crippen LogP contribution in [-0.4, -0.2) is 10.9 Å². The quantitative estimate of drug-likeness (QED) is 0.798. The second kappa shape index (κ2) is 5.43. The maximum atomic E-state index is 12.1. The van der Waals surface area contributed by atoms with Gasteiger partial charge in [-0.2, -0.15) is 0 Å². The molecule has 0 fully saturated rings. The molecule has 0 aliphatic heterocycles. The van der Waals surface area contributed by atoms with Crippen molar-refractivity contribution in [2.75, 3.05) is 0 Å². The number of carbonyl (C=O) groups excluding carboxylic acids is 1. The van der Waals surface area contributed by atoms with Gasteiger partial charge < -0.3 is 5.32 Å². The summed E-state index contributed by atoms with van der Waals surface area (Å²) < 4.78 is 1.04. The fourth-order valence-corrected chi connectivity index (χ4v) is 2.70.